The summed E-state index contributed by atoms with van der Waals surface area (Å²) in [5.41, 5.74) is 0.310. The summed E-state index contributed by atoms with van der Waals surface area (Å²) >= 11 is 0. The first kappa shape index (κ1) is 24.3. The number of fused-ring (bicyclic) bond motifs is 1. The first-order valence-corrected chi connectivity index (χ1v) is 12.3. The van der Waals surface area contributed by atoms with E-state index in [1.54, 1.807) is 6.07 Å². The highest BCUT2D eigenvalue weighted by molar-refractivity contribution is 7.92. The zero-order valence-electron chi connectivity index (χ0n) is 18.5. The third-order valence-corrected chi connectivity index (χ3v) is 7.12. The SMILES string of the molecule is O=S(=O)(Nc1ncc(F)cn1)c1ccc2c(c1)OCCC2c1ccc(C(F)(F)F)cc1OC1COC1. The Balaban J connectivity index is 1.47. The average molecular weight is 525 g/mol. The number of rotatable bonds is 6. The summed E-state index contributed by atoms with van der Waals surface area (Å²) in [6.07, 6.45) is -2.79. The minimum absolute atomic E-state index is 0.0998. The largest absolute Gasteiger partial charge is 0.493 e. The average Bonchev–Trinajstić information content (AvgIpc) is 2.81. The number of halogens is 4. The fourth-order valence-electron chi connectivity index (χ4n) is 3.97. The molecule has 0 radical (unpaired) electrons. The van der Waals surface area contributed by atoms with Crippen molar-refractivity contribution in [3.05, 3.63) is 71.3 Å². The quantitative estimate of drug-likeness (QED) is 0.483. The fourth-order valence-corrected chi connectivity index (χ4v) is 4.94. The van der Waals surface area contributed by atoms with Crippen molar-refractivity contribution in [1.29, 1.82) is 0 Å². The first-order valence-electron chi connectivity index (χ1n) is 10.8. The van der Waals surface area contributed by atoms with Gasteiger partial charge >= 0.3 is 6.18 Å². The van der Waals surface area contributed by atoms with Gasteiger partial charge in [0.25, 0.3) is 10.0 Å². The Morgan fingerprint density at radius 3 is 2.42 bits per heavy atom. The van der Waals surface area contributed by atoms with E-state index in [1.807, 2.05) is 0 Å². The van der Waals surface area contributed by atoms with E-state index >= 15 is 0 Å². The predicted octanol–water partition coefficient (Wildman–Crippen LogP) is 4.13. The number of hydrogen-bond acceptors (Lipinski definition) is 7. The Morgan fingerprint density at radius 1 is 1.03 bits per heavy atom. The normalized spacial score (nSPS) is 18.1. The van der Waals surface area contributed by atoms with Crippen LogP contribution >= 0.6 is 0 Å². The van der Waals surface area contributed by atoms with Crippen molar-refractivity contribution in [2.24, 2.45) is 0 Å². The summed E-state index contributed by atoms with van der Waals surface area (Å²) in [6, 6.07) is 7.57. The molecule has 5 rings (SSSR count). The van der Waals surface area contributed by atoms with Crippen molar-refractivity contribution in [2.45, 2.75) is 29.5 Å². The van der Waals surface area contributed by atoms with Gasteiger partial charge in [-0.15, -0.1) is 0 Å². The van der Waals surface area contributed by atoms with Gasteiger partial charge in [-0.1, -0.05) is 12.1 Å². The van der Waals surface area contributed by atoms with Crippen LogP contribution in [0.1, 0.15) is 29.0 Å². The summed E-state index contributed by atoms with van der Waals surface area (Å²) in [6.45, 7) is 0.779. The van der Waals surface area contributed by atoms with E-state index in [2.05, 4.69) is 14.7 Å². The molecule has 8 nitrogen and oxygen atoms in total. The molecule has 2 aliphatic rings. The van der Waals surface area contributed by atoms with E-state index in [0.29, 0.717) is 17.5 Å². The molecule has 0 amide bonds. The minimum Gasteiger partial charge on any atom is -0.493 e. The number of ether oxygens (including phenoxy) is 3. The van der Waals surface area contributed by atoms with Gasteiger partial charge in [0.1, 0.15) is 17.6 Å². The number of anilines is 1. The van der Waals surface area contributed by atoms with Gasteiger partial charge in [-0.3, -0.25) is 0 Å². The summed E-state index contributed by atoms with van der Waals surface area (Å²) in [5.74, 6) is -1.05. The number of nitrogens with one attached hydrogen (secondary N) is 1. The number of hydrogen-bond donors (Lipinski definition) is 1. The molecule has 0 aliphatic carbocycles. The van der Waals surface area contributed by atoms with Crippen LogP contribution in [0.25, 0.3) is 0 Å². The highest BCUT2D eigenvalue weighted by atomic mass is 32.2. The molecular weight excluding hydrogens is 506 g/mol. The van der Waals surface area contributed by atoms with Gasteiger partial charge < -0.3 is 14.2 Å². The fraction of sp³-hybridized carbons (Fsp3) is 0.304. The third kappa shape index (κ3) is 4.93. The smallest absolute Gasteiger partial charge is 0.416 e. The van der Waals surface area contributed by atoms with E-state index in [9.17, 15) is 26.0 Å². The molecule has 2 aromatic carbocycles. The highest BCUT2D eigenvalue weighted by Crippen LogP contribution is 2.44. The van der Waals surface area contributed by atoms with Crippen molar-refractivity contribution in [3.63, 3.8) is 0 Å². The van der Waals surface area contributed by atoms with Gasteiger partial charge in [-0.2, -0.15) is 13.2 Å². The monoisotopic (exact) mass is 525 g/mol. The topological polar surface area (TPSA) is 99.6 Å². The third-order valence-electron chi connectivity index (χ3n) is 5.80. The number of nitrogens with zero attached hydrogens (tertiary/aromatic N) is 2. The van der Waals surface area contributed by atoms with E-state index < -0.39 is 33.5 Å². The van der Waals surface area contributed by atoms with E-state index in [-0.39, 0.29) is 48.3 Å². The molecule has 1 atom stereocenters. The van der Waals surface area contributed by atoms with Crippen molar-refractivity contribution in [3.8, 4) is 11.5 Å². The predicted molar refractivity (Wildman–Crippen MR) is 118 cm³/mol. The number of benzene rings is 2. The molecule has 0 saturated carbocycles. The maximum atomic E-state index is 13.4. The number of aromatic nitrogens is 2. The zero-order valence-corrected chi connectivity index (χ0v) is 19.3. The minimum atomic E-state index is -4.54. The van der Waals surface area contributed by atoms with Crippen LogP contribution in [0.4, 0.5) is 23.5 Å². The summed E-state index contributed by atoms with van der Waals surface area (Å²) < 4.78 is 97.4. The second-order valence-corrected chi connectivity index (χ2v) is 9.93. The zero-order chi connectivity index (χ0) is 25.5. The van der Waals surface area contributed by atoms with Crippen molar-refractivity contribution in [1.82, 2.24) is 9.97 Å². The Hall–Kier alpha value is -3.45. The van der Waals surface area contributed by atoms with Crippen LogP contribution < -0.4 is 14.2 Å². The molecule has 13 heteroatoms. The molecule has 1 unspecified atom stereocenters. The van der Waals surface area contributed by atoms with E-state index in [1.165, 1.54) is 18.2 Å². The van der Waals surface area contributed by atoms with Crippen molar-refractivity contribution >= 4 is 16.0 Å². The molecule has 1 aromatic heterocycles. The van der Waals surface area contributed by atoms with Crippen molar-refractivity contribution < 1.29 is 40.2 Å². The van der Waals surface area contributed by atoms with Crippen LogP contribution in [0.15, 0.2) is 53.7 Å². The molecule has 2 aliphatic heterocycles. The maximum absolute atomic E-state index is 13.4. The Bertz CT molecular complexity index is 1380. The molecule has 3 heterocycles. The van der Waals surface area contributed by atoms with E-state index in [0.717, 1.165) is 24.5 Å². The summed E-state index contributed by atoms with van der Waals surface area (Å²) in [7, 11) is -4.12. The van der Waals surface area contributed by atoms with Crippen LogP contribution in [-0.2, 0) is 20.9 Å². The lowest BCUT2D eigenvalue weighted by Crippen LogP contribution is -2.39. The number of sulfonamides is 1. The Labute approximate surface area is 203 Å². The van der Waals surface area contributed by atoms with Gasteiger partial charge in [0, 0.05) is 23.1 Å². The Kier molecular flexibility index (Phi) is 6.20. The molecule has 0 spiro atoms. The second kappa shape index (κ2) is 9.21. The molecule has 3 aromatic rings. The van der Waals surface area contributed by atoms with E-state index in [4.69, 9.17) is 14.2 Å². The molecule has 1 saturated heterocycles. The molecular formula is C23H19F4N3O5S. The maximum Gasteiger partial charge on any atom is 0.416 e. The van der Waals surface area contributed by atoms with Crippen LogP contribution in [0.5, 0.6) is 11.5 Å². The standard InChI is InChI=1S/C23H19F4N3O5S/c24-14-9-28-22(29-10-14)30-36(31,32)16-2-4-18-17(5-6-34-20(18)8-16)19-3-1-13(23(25,26)27)7-21(19)35-15-11-33-12-15/h1-4,7-10,15,17H,5-6,11-12H2,(H,28,29,30). The number of alkyl halides is 3. The molecule has 190 valence electrons. The van der Waals surface area contributed by atoms with Gasteiger partial charge in [-0.25, -0.2) is 27.5 Å². The van der Waals surface area contributed by atoms with Crippen LogP contribution in [-0.4, -0.2) is 44.3 Å². The lowest BCUT2D eigenvalue weighted by molar-refractivity contribution is -0.138. The van der Waals surface area contributed by atoms with Gasteiger partial charge in [0.2, 0.25) is 5.95 Å². The second-order valence-electron chi connectivity index (χ2n) is 8.25. The van der Waals surface area contributed by atoms with Crippen LogP contribution in [0.3, 0.4) is 0 Å². The highest BCUT2D eigenvalue weighted by Gasteiger charge is 2.34. The summed E-state index contributed by atoms with van der Waals surface area (Å²) in [4.78, 5) is 7.03. The van der Waals surface area contributed by atoms with Crippen LogP contribution in [0, 0.1) is 5.82 Å². The Morgan fingerprint density at radius 2 is 1.75 bits per heavy atom. The lowest BCUT2D eigenvalue weighted by atomic mass is 9.85. The molecule has 1 N–H and O–H groups in total. The van der Waals surface area contributed by atoms with Crippen molar-refractivity contribution in [2.75, 3.05) is 24.5 Å². The lowest BCUT2D eigenvalue weighted by Gasteiger charge is -2.31. The molecule has 36 heavy (non-hydrogen) atoms. The van der Waals surface area contributed by atoms with Gasteiger partial charge in [0.05, 0.1) is 42.7 Å². The van der Waals surface area contributed by atoms with Crippen LogP contribution in [0.2, 0.25) is 0 Å². The first-order chi connectivity index (χ1) is 17.1. The molecule has 1 fully saturated rings. The van der Waals surface area contributed by atoms with Gasteiger partial charge in [-0.05, 0) is 24.6 Å². The van der Waals surface area contributed by atoms with Gasteiger partial charge in [0.15, 0.2) is 5.82 Å². The molecule has 0 bridgehead atoms. The summed E-state index contributed by atoms with van der Waals surface area (Å²) in [5, 5.41) is 0.